The first-order valence-electron chi connectivity index (χ1n) is 5.38. The molecule has 0 aliphatic heterocycles. The van der Waals surface area contributed by atoms with Crippen LogP contribution >= 0.6 is 11.6 Å². The molecule has 1 aromatic rings. The predicted octanol–water partition coefficient (Wildman–Crippen LogP) is 3.32. The molecule has 1 aliphatic rings. The van der Waals surface area contributed by atoms with E-state index in [4.69, 9.17) is 16.9 Å². The van der Waals surface area contributed by atoms with Crippen LogP contribution < -0.4 is 0 Å². The van der Waals surface area contributed by atoms with Gasteiger partial charge in [0.05, 0.1) is 6.07 Å². The molecule has 3 heteroatoms. The summed E-state index contributed by atoms with van der Waals surface area (Å²) in [4.78, 5) is 11.8. The first-order chi connectivity index (χ1) is 7.70. The van der Waals surface area contributed by atoms with Gasteiger partial charge in [0, 0.05) is 23.3 Å². The predicted molar refractivity (Wildman–Crippen MR) is 62.2 cm³/mol. The Bertz CT molecular complexity index is 432. The second-order valence-corrected chi connectivity index (χ2v) is 4.61. The van der Waals surface area contributed by atoms with Crippen molar-refractivity contribution in [3.8, 4) is 6.07 Å². The minimum absolute atomic E-state index is 0.0124. The third kappa shape index (κ3) is 2.25. The Balaban J connectivity index is 2.22. The van der Waals surface area contributed by atoms with Gasteiger partial charge in [0.15, 0.2) is 0 Å². The van der Waals surface area contributed by atoms with E-state index in [9.17, 15) is 4.79 Å². The summed E-state index contributed by atoms with van der Waals surface area (Å²) in [6, 6.07) is 9.60. The van der Waals surface area contributed by atoms with Crippen LogP contribution in [0.3, 0.4) is 0 Å². The van der Waals surface area contributed by atoms with Gasteiger partial charge in [-0.05, 0) is 30.5 Å². The van der Waals surface area contributed by atoms with Crippen molar-refractivity contribution in [3.05, 3.63) is 34.9 Å². The maximum Gasteiger partial charge on any atom is 0.140 e. The number of rotatable bonds is 1. The Kier molecular flexibility index (Phi) is 3.26. The summed E-state index contributed by atoms with van der Waals surface area (Å²) in [7, 11) is 0. The largest absolute Gasteiger partial charge is 0.299 e. The van der Waals surface area contributed by atoms with Crippen LogP contribution in [0, 0.1) is 17.2 Å². The maximum absolute atomic E-state index is 11.8. The second kappa shape index (κ2) is 4.67. The number of benzene rings is 1. The van der Waals surface area contributed by atoms with E-state index in [0.29, 0.717) is 24.3 Å². The zero-order valence-corrected chi connectivity index (χ0v) is 9.57. The highest BCUT2D eigenvalue weighted by Crippen LogP contribution is 2.33. The standard InChI is InChI=1S/C13H12ClNO/c14-11-4-2-10(3-5-11)12-7-9(8-15)1-6-13(12)16/h2-5,9,12H,1,6-7H2. The monoisotopic (exact) mass is 233 g/mol. The average Bonchev–Trinajstić information content (AvgIpc) is 2.31. The van der Waals surface area contributed by atoms with Crippen LogP contribution in [0.25, 0.3) is 0 Å². The van der Waals surface area contributed by atoms with Gasteiger partial charge in [-0.15, -0.1) is 0 Å². The molecule has 0 aromatic heterocycles. The number of nitrogens with zero attached hydrogens (tertiary/aromatic N) is 1. The zero-order chi connectivity index (χ0) is 11.5. The van der Waals surface area contributed by atoms with Gasteiger partial charge in [0.2, 0.25) is 0 Å². The highest BCUT2D eigenvalue weighted by atomic mass is 35.5. The van der Waals surface area contributed by atoms with Crippen LogP contribution in [0.5, 0.6) is 0 Å². The molecule has 16 heavy (non-hydrogen) atoms. The van der Waals surface area contributed by atoms with E-state index in [-0.39, 0.29) is 17.6 Å². The fourth-order valence-electron chi connectivity index (χ4n) is 2.16. The van der Waals surface area contributed by atoms with Crippen molar-refractivity contribution in [1.29, 1.82) is 5.26 Å². The van der Waals surface area contributed by atoms with E-state index in [1.54, 1.807) is 12.1 Å². The van der Waals surface area contributed by atoms with E-state index < -0.39 is 0 Å². The molecule has 0 heterocycles. The lowest BCUT2D eigenvalue weighted by molar-refractivity contribution is -0.122. The summed E-state index contributed by atoms with van der Waals surface area (Å²) in [5, 5.41) is 9.57. The number of carbonyl (C=O) groups excluding carboxylic acids is 1. The van der Waals surface area contributed by atoms with Crippen LogP contribution in [-0.4, -0.2) is 5.78 Å². The Labute approximate surface area is 99.8 Å². The number of hydrogen-bond acceptors (Lipinski definition) is 2. The van der Waals surface area contributed by atoms with Gasteiger partial charge < -0.3 is 0 Å². The lowest BCUT2D eigenvalue weighted by atomic mass is 9.78. The molecule has 2 rings (SSSR count). The summed E-state index contributed by atoms with van der Waals surface area (Å²) in [6.07, 6.45) is 1.88. The molecule has 82 valence electrons. The topological polar surface area (TPSA) is 40.9 Å². The molecule has 0 spiro atoms. The van der Waals surface area contributed by atoms with Crippen molar-refractivity contribution in [1.82, 2.24) is 0 Å². The summed E-state index contributed by atoms with van der Waals surface area (Å²) in [5.74, 6) is 0.142. The highest BCUT2D eigenvalue weighted by molar-refractivity contribution is 6.30. The Morgan fingerprint density at radius 2 is 2.00 bits per heavy atom. The Hall–Kier alpha value is -1.33. The fraction of sp³-hybridized carbons (Fsp3) is 0.385. The van der Waals surface area contributed by atoms with Crippen LogP contribution in [0.2, 0.25) is 5.02 Å². The third-order valence-corrected chi connectivity index (χ3v) is 3.36. The molecule has 0 radical (unpaired) electrons. The molecule has 0 N–H and O–H groups in total. The molecular weight excluding hydrogens is 222 g/mol. The van der Waals surface area contributed by atoms with Gasteiger partial charge in [-0.1, -0.05) is 23.7 Å². The molecule has 2 nitrogen and oxygen atoms in total. The van der Waals surface area contributed by atoms with Crippen molar-refractivity contribution in [2.45, 2.75) is 25.2 Å². The van der Waals surface area contributed by atoms with Crippen LogP contribution in [-0.2, 0) is 4.79 Å². The molecule has 0 bridgehead atoms. The van der Waals surface area contributed by atoms with Crippen LogP contribution in [0.4, 0.5) is 0 Å². The fourth-order valence-corrected chi connectivity index (χ4v) is 2.28. The summed E-state index contributed by atoms with van der Waals surface area (Å²) >= 11 is 5.81. The molecule has 1 saturated carbocycles. The first-order valence-corrected chi connectivity index (χ1v) is 5.76. The van der Waals surface area contributed by atoms with E-state index in [2.05, 4.69) is 6.07 Å². The maximum atomic E-state index is 11.8. The second-order valence-electron chi connectivity index (χ2n) is 4.17. The van der Waals surface area contributed by atoms with Gasteiger partial charge in [-0.3, -0.25) is 4.79 Å². The SMILES string of the molecule is N#CC1CCC(=O)C(c2ccc(Cl)cc2)C1. The molecule has 1 aliphatic carbocycles. The molecular formula is C13H12ClNO. The normalized spacial score (nSPS) is 25.1. The zero-order valence-electron chi connectivity index (χ0n) is 8.82. The highest BCUT2D eigenvalue weighted by Gasteiger charge is 2.29. The minimum Gasteiger partial charge on any atom is -0.299 e. The lowest BCUT2D eigenvalue weighted by Gasteiger charge is -2.24. The molecule has 0 saturated heterocycles. The summed E-state index contributed by atoms with van der Waals surface area (Å²) < 4.78 is 0. The van der Waals surface area contributed by atoms with Crippen molar-refractivity contribution in [2.24, 2.45) is 5.92 Å². The summed E-state index contributed by atoms with van der Waals surface area (Å²) in [6.45, 7) is 0. The number of hydrogen-bond donors (Lipinski definition) is 0. The summed E-state index contributed by atoms with van der Waals surface area (Å²) in [5.41, 5.74) is 0.981. The van der Waals surface area contributed by atoms with Crippen molar-refractivity contribution < 1.29 is 4.79 Å². The molecule has 1 aromatic carbocycles. The van der Waals surface area contributed by atoms with E-state index in [1.807, 2.05) is 12.1 Å². The van der Waals surface area contributed by atoms with Gasteiger partial charge in [0.25, 0.3) is 0 Å². The number of carbonyl (C=O) groups is 1. The number of ketones is 1. The molecule has 2 unspecified atom stereocenters. The van der Waals surface area contributed by atoms with Crippen molar-refractivity contribution in [3.63, 3.8) is 0 Å². The Morgan fingerprint density at radius 1 is 1.31 bits per heavy atom. The lowest BCUT2D eigenvalue weighted by Crippen LogP contribution is -2.22. The Morgan fingerprint density at radius 3 is 2.62 bits per heavy atom. The van der Waals surface area contributed by atoms with Crippen molar-refractivity contribution >= 4 is 17.4 Å². The smallest absolute Gasteiger partial charge is 0.140 e. The third-order valence-electron chi connectivity index (χ3n) is 3.10. The quantitative estimate of drug-likeness (QED) is 0.747. The first kappa shape index (κ1) is 11.2. The van der Waals surface area contributed by atoms with Crippen LogP contribution in [0.1, 0.15) is 30.7 Å². The van der Waals surface area contributed by atoms with Gasteiger partial charge in [0.1, 0.15) is 5.78 Å². The van der Waals surface area contributed by atoms with Gasteiger partial charge in [-0.25, -0.2) is 0 Å². The number of nitriles is 1. The molecule has 2 atom stereocenters. The number of halogens is 1. The molecule has 1 fully saturated rings. The minimum atomic E-state index is -0.115. The van der Waals surface area contributed by atoms with Gasteiger partial charge in [-0.2, -0.15) is 5.26 Å². The van der Waals surface area contributed by atoms with Crippen molar-refractivity contribution in [2.75, 3.05) is 0 Å². The van der Waals surface area contributed by atoms with E-state index in [0.717, 1.165) is 5.56 Å². The van der Waals surface area contributed by atoms with Crippen LogP contribution in [0.15, 0.2) is 24.3 Å². The average molecular weight is 234 g/mol. The van der Waals surface area contributed by atoms with E-state index in [1.165, 1.54) is 0 Å². The van der Waals surface area contributed by atoms with E-state index >= 15 is 0 Å². The molecule has 0 amide bonds. The van der Waals surface area contributed by atoms with Gasteiger partial charge >= 0.3 is 0 Å². The number of Topliss-reactive ketones (excluding diaryl/α,β-unsaturated/α-hetero) is 1.